The molecule has 4 nitrogen and oxygen atoms in total. The molecule has 0 aliphatic heterocycles. The van der Waals surface area contributed by atoms with Gasteiger partial charge in [0.15, 0.2) is 0 Å². The minimum atomic E-state index is -2.34. The summed E-state index contributed by atoms with van der Waals surface area (Å²) in [4.78, 5) is 0. The Balaban J connectivity index is 0. The van der Waals surface area contributed by atoms with Crippen molar-refractivity contribution >= 4 is 8.80 Å². The fourth-order valence-electron chi connectivity index (χ4n) is 1.44. The normalized spacial score (nSPS) is 12.4. The summed E-state index contributed by atoms with van der Waals surface area (Å²) in [5.74, 6) is 0. The van der Waals surface area contributed by atoms with Gasteiger partial charge >= 0.3 is 8.80 Å². The minimum absolute atomic E-state index is 0. The number of rotatable bonds is 8. The van der Waals surface area contributed by atoms with Crippen LogP contribution in [0.4, 0.5) is 0 Å². The topological polar surface area (TPSA) is 27.7 Å². The van der Waals surface area contributed by atoms with Gasteiger partial charge in [-0.05, 0) is 6.92 Å². The molecule has 0 aromatic carbocycles. The lowest BCUT2D eigenvalue weighted by Gasteiger charge is -2.30. The van der Waals surface area contributed by atoms with Crippen LogP contribution in [0.2, 0.25) is 6.04 Å². The highest BCUT2D eigenvalue weighted by Gasteiger charge is 2.37. The smallest absolute Gasteiger partial charge is 0.500 e. The number of nitrogens with zero attached hydrogens (tertiary/aromatic N) is 1. The van der Waals surface area contributed by atoms with Gasteiger partial charge in [-0.25, -0.2) is 0 Å². The Kier molecular flexibility index (Phi) is 9.87. The monoisotopic (exact) mass is 271 g/mol. The van der Waals surface area contributed by atoms with Crippen LogP contribution in [0.5, 0.6) is 0 Å². The van der Waals surface area contributed by atoms with E-state index in [-0.39, 0.29) is 12.4 Å². The molecule has 16 heavy (non-hydrogen) atoms. The van der Waals surface area contributed by atoms with E-state index in [2.05, 4.69) is 21.0 Å². The van der Waals surface area contributed by atoms with E-state index >= 15 is 0 Å². The van der Waals surface area contributed by atoms with Crippen LogP contribution in [0.25, 0.3) is 0 Å². The number of hydrogen-bond donors (Lipinski definition) is 0. The number of hydrogen-bond acceptors (Lipinski definition) is 3. The zero-order valence-electron chi connectivity index (χ0n) is 11.4. The van der Waals surface area contributed by atoms with Gasteiger partial charge in [0, 0.05) is 33.8 Å². The second kappa shape index (κ2) is 8.44. The van der Waals surface area contributed by atoms with Crippen molar-refractivity contribution in [3.8, 4) is 0 Å². The minimum Gasteiger partial charge on any atom is -1.00 e. The Labute approximate surface area is 107 Å². The fraction of sp³-hybridized carbons (Fsp3) is 1.00. The first-order valence-corrected chi connectivity index (χ1v) is 7.36. The summed E-state index contributed by atoms with van der Waals surface area (Å²) in [6.45, 7) is 4.47. The maximum atomic E-state index is 5.37. The first kappa shape index (κ1) is 18.7. The first-order chi connectivity index (χ1) is 6.95. The summed E-state index contributed by atoms with van der Waals surface area (Å²) >= 11 is 0. The zero-order chi connectivity index (χ0) is 11.9. The maximum absolute atomic E-state index is 5.37. The largest absolute Gasteiger partial charge is 1.00 e. The van der Waals surface area contributed by atoms with Crippen molar-refractivity contribution in [2.45, 2.75) is 19.4 Å². The number of halogens is 1. The van der Waals surface area contributed by atoms with Crippen LogP contribution < -0.4 is 12.4 Å². The molecule has 0 rings (SSSR count). The molecule has 6 heteroatoms. The van der Waals surface area contributed by atoms with Crippen LogP contribution in [0, 0.1) is 0 Å². The van der Waals surface area contributed by atoms with Crippen LogP contribution in [0.3, 0.4) is 0 Å². The second-order valence-electron chi connectivity index (χ2n) is 4.37. The summed E-state index contributed by atoms with van der Waals surface area (Å²) in [6, 6.07) is 0.887. The predicted octanol–water partition coefficient (Wildman–Crippen LogP) is -1.65. The average Bonchev–Trinajstić information content (AvgIpc) is 2.25. The molecule has 0 aliphatic rings. The van der Waals surface area contributed by atoms with Crippen molar-refractivity contribution in [3.05, 3.63) is 0 Å². The summed E-state index contributed by atoms with van der Waals surface area (Å²) in [5.41, 5.74) is 0. The van der Waals surface area contributed by atoms with E-state index in [0.717, 1.165) is 30.0 Å². The molecule has 0 radical (unpaired) electrons. The summed E-state index contributed by atoms with van der Waals surface area (Å²) in [7, 11) is 7.12. The van der Waals surface area contributed by atoms with Crippen LogP contribution in [-0.2, 0) is 13.3 Å². The highest BCUT2D eigenvalue weighted by Crippen LogP contribution is 2.16. The molecule has 0 amide bonds. The quantitative estimate of drug-likeness (QED) is 0.391. The first-order valence-electron chi connectivity index (χ1n) is 5.42. The van der Waals surface area contributed by atoms with E-state index in [4.69, 9.17) is 13.3 Å². The lowest BCUT2D eigenvalue weighted by atomic mass is 10.4. The SMILES string of the molecule is CC[N+](C)(C)CCC[Si](OC)(OC)OC.[Cl-]. The van der Waals surface area contributed by atoms with E-state index in [1.54, 1.807) is 21.3 Å². The molecule has 0 bridgehead atoms. The van der Waals surface area contributed by atoms with Gasteiger partial charge in [-0.3, -0.25) is 0 Å². The Morgan fingerprint density at radius 3 is 1.75 bits per heavy atom. The standard InChI is InChI=1S/C10H26NO3Si.ClH/c1-7-11(2,3)9-8-10-15(12-4,13-5)14-6;/h7-10H2,1-6H3;1H/q+1;/p-1. The van der Waals surface area contributed by atoms with E-state index in [9.17, 15) is 0 Å². The maximum Gasteiger partial charge on any atom is 0.500 e. The van der Waals surface area contributed by atoms with E-state index < -0.39 is 8.80 Å². The van der Waals surface area contributed by atoms with Gasteiger partial charge in [0.25, 0.3) is 0 Å². The molecule has 100 valence electrons. The Hall–Kier alpha value is 0.347. The Morgan fingerprint density at radius 2 is 1.44 bits per heavy atom. The third kappa shape index (κ3) is 6.17. The van der Waals surface area contributed by atoms with Gasteiger partial charge in [0.05, 0.1) is 27.2 Å². The van der Waals surface area contributed by atoms with E-state index in [0.29, 0.717) is 0 Å². The molecular formula is C10H26ClNO3Si. The molecule has 0 aromatic rings. The van der Waals surface area contributed by atoms with Crippen molar-refractivity contribution in [1.82, 2.24) is 0 Å². The van der Waals surface area contributed by atoms with Crippen molar-refractivity contribution in [3.63, 3.8) is 0 Å². The fourth-order valence-corrected chi connectivity index (χ4v) is 3.14. The highest BCUT2D eigenvalue weighted by molar-refractivity contribution is 6.60. The molecule has 0 spiro atoms. The van der Waals surface area contributed by atoms with Crippen molar-refractivity contribution in [2.75, 3.05) is 48.5 Å². The second-order valence-corrected chi connectivity index (χ2v) is 7.47. The van der Waals surface area contributed by atoms with Crippen molar-refractivity contribution in [1.29, 1.82) is 0 Å². The molecule has 0 unspecified atom stereocenters. The van der Waals surface area contributed by atoms with E-state index in [1.807, 2.05) is 0 Å². The lowest BCUT2D eigenvalue weighted by Crippen LogP contribution is -3.00. The van der Waals surface area contributed by atoms with Gasteiger partial charge in [0.1, 0.15) is 0 Å². The molecule has 0 heterocycles. The number of quaternary nitrogens is 1. The molecule has 0 saturated carbocycles. The third-order valence-corrected chi connectivity index (χ3v) is 5.87. The van der Waals surface area contributed by atoms with Crippen LogP contribution in [0.1, 0.15) is 13.3 Å². The third-order valence-electron chi connectivity index (χ3n) is 3.04. The van der Waals surface area contributed by atoms with Crippen molar-refractivity contribution in [2.24, 2.45) is 0 Å². The molecule has 0 N–H and O–H groups in total. The van der Waals surface area contributed by atoms with Gasteiger partial charge in [-0.2, -0.15) is 0 Å². The molecule has 0 atom stereocenters. The molecule has 0 saturated heterocycles. The van der Waals surface area contributed by atoms with Gasteiger partial charge in [0.2, 0.25) is 0 Å². The average molecular weight is 272 g/mol. The summed E-state index contributed by atoms with van der Waals surface area (Å²) < 4.78 is 17.1. The Morgan fingerprint density at radius 1 is 1.00 bits per heavy atom. The summed E-state index contributed by atoms with van der Waals surface area (Å²) in [5, 5.41) is 0. The zero-order valence-corrected chi connectivity index (χ0v) is 13.1. The summed E-state index contributed by atoms with van der Waals surface area (Å²) in [6.07, 6.45) is 1.07. The lowest BCUT2D eigenvalue weighted by molar-refractivity contribution is -0.888. The predicted molar refractivity (Wildman–Crippen MR) is 63.7 cm³/mol. The van der Waals surface area contributed by atoms with Crippen LogP contribution in [0.15, 0.2) is 0 Å². The van der Waals surface area contributed by atoms with Gasteiger partial charge < -0.3 is 30.2 Å². The van der Waals surface area contributed by atoms with E-state index in [1.165, 1.54) is 0 Å². The van der Waals surface area contributed by atoms with Crippen LogP contribution in [-0.4, -0.2) is 61.8 Å². The molecule has 0 aromatic heterocycles. The van der Waals surface area contributed by atoms with Crippen LogP contribution >= 0.6 is 0 Å². The van der Waals surface area contributed by atoms with Gasteiger partial charge in [-0.1, -0.05) is 0 Å². The molecule has 0 fully saturated rings. The Bertz CT molecular complexity index is 169. The highest BCUT2D eigenvalue weighted by atomic mass is 35.5. The van der Waals surface area contributed by atoms with Crippen molar-refractivity contribution < 1.29 is 30.2 Å². The van der Waals surface area contributed by atoms with Gasteiger partial charge in [-0.15, -0.1) is 0 Å². The molecule has 0 aliphatic carbocycles. The molecular weight excluding hydrogens is 246 g/mol.